The van der Waals surface area contributed by atoms with Crippen LogP contribution in [0, 0.1) is 13.8 Å². The van der Waals surface area contributed by atoms with Crippen LogP contribution in [-0.2, 0) is 21.2 Å². The Kier molecular flexibility index (Phi) is 7.67. The molecule has 0 spiro atoms. The van der Waals surface area contributed by atoms with E-state index in [4.69, 9.17) is 4.74 Å². The molecule has 0 heterocycles. The van der Waals surface area contributed by atoms with E-state index in [0.717, 1.165) is 41.5 Å². The highest BCUT2D eigenvalue weighted by Crippen LogP contribution is 2.23. The minimum absolute atomic E-state index is 0.320. The van der Waals surface area contributed by atoms with Gasteiger partial charge in [-0.2, -0.15) is 0 Å². The lowest BCUT2D eigenvalue weighted by Crippen LogP contribution is -2.48. The van der Waals surface area contributed by atoms with E-state index in [2.05, 4.69) is 5.32 Å². The largest absolute Gasteiger partial charge is 0.497 e. The summed E-state index contributed by atoms with van der Waals surface area (Å²) in [5, 5.41) is 2.85. The van der Waals surface area contributed by atoms with Gasteiger partial charge in [0.2, 0.25) is 15.9 Å². The van der Waals surface area contributed by atoms with Gasteiger partial charge in [-0.15, -0.1) is 0 Å². The average molecular weight is 419 g/mol. The van der Waals surface area contributed by atoms with Crippen molar-refractivity contribution in [2.75, 3.05) is 24.2 Å². The Morgan fingerprint density at radius 3 is 2.48 bits per heavy atom. The molecule has 2 aromatic rings. The summed E-state index contributed by atoms with van der Waals surface area (Å²) in [4.78, 5) is 12.6. The second kappa shape index (κ2) is 9.78. The molecule has 1 atom stereocenters. The Labute approximate surface area is 173 Å². The summed E-state index contributed by atoms with van der Waals surface area (Å²) in [6.07, 6.45) is 2.65. The monoisotopic (exact) mass is 418 g/mol. The Balaban J connectivity index is 2.00. The molecular formula is C22H30N2O4S. The zero-order valence-electron chi connectivity index (χ0n) is 17.7. The molecule has 1 amide bonds. The van der Waals surface area contributed by atoms with Gasteiger partial charge in [0, 0.05) is 6.54 Å². The van der Waals surface area contributed by atoms with Gasteiger partial charge in [0.25, 0.3) is 0 Å². The molecule has 0 saturated carbocycles. The molecule has 29 heavy (non-hydrogen) atoms. The Morgan fingerprint density at radius 1 is 1.14 bits per heavy atom. The number of benzene rings is 2. The van der Waals surface area contributed by atoms with Crippen molar-refractivity contribution in [2.45, 2.75) is 39.7 Å². The number of ether oxygens (including phenoxy) is 1. The normalized spacial score (nSPS) is 12.3. The lowest BCUT2D eigenvalue weighted by Gasteiger charge is -2.28. The molecule has 0 aliphatic heterocycles. The van der Waals surface area contributed by atoms with E-state index in [9.17, 15) is 13.2 Å². The van der Waals surface area contributed by atoms with E-state index in [1.165, 1.54) is 4.31 Å². The Hall–Kier alpha value is -2.54. The Morgan fingerprint density at radius 2 is 1.86 bits per heavy atom. The van der Waals surface area contributed by atoms with Crippen LogP contribution < -0.4 is 14.4 Å². The standard InChI is InChI=1S/C22H30N2O4S/c1-16-11-12-20(14-17(16)2)24(29(5,26)27)18(3)22(25)23-13-7-9-19-8-6-10-21(15-19)28-4/h6,8,10-12,14-15,18H,7,9,13H2,1-5H3,(H,23,25). The molecule has 0 fully saturated rings. The van der Waals surface area contributed by atoms with Crippen molar-refractivity contribution < 1.29 is 17.9 Å². The van der Waals surface area contributed by atoms with E-state index in [1.54, 1.807) is 26.2 Å². The fraction of sp³-hybridized carbons (Fsp3) is 0.409. The van der Waals surface area contributed by atoms with E-state index in [-0.39, 0.29) is 5.91 Å². The zero-order valence-corrected chi connectivity index (χ0v) is 18.5. The van der Waals surface area contributed by atoms with Crippen molar-refractivity contribution in [3.63, 3.8) is 0 Å². The fourth-order valence-electron chi connectivity index (χ4n) is 3.15. The van der Waals surface area contributed by atoms with Gasteiger partial charge in [-0.25, -0.2) is 8.42 Å². The first-order valence-corrected chi connectivity index (χ1v) is 11.5. The number of carbonyl (C=O) groups is 1. The number of nitrogens with zero attached hydrogens (tertiary/aromatic N) is 1. The number of sulfonamides is 1. The highest BCUT2D eigenvalue weighted by atomic mass is 32.2. The van der Waals surface area contributed by atoms with Gasteiger partial charge in [-0.1, -0.05) is 18.2 Å². The third-order valence-corrected chi connectivity index (χ3v) is 6.15. The third-order valence-electron chi connectivity index (χ3n) is 4.91. The summed E-state index contributed by atoms with van der Waals surface area (Å²) in [7, 11) is -1.99. The fourth-order valence-corrected chi connectivity index (χ4v) is 4.32. The van der Waals surface area contributed by atoms with Crippen LogP contribution in [0.3, 0.4) is 0 Å². The van der Waals surface area contributed by atoms with Crippen LogP contribution >= 0.6 is 0 Å². The molecule has 0 aromatic heterocycles. The van der Waals surface area contributed by atoms with Gasteiger partial charge in [-0.3, -0.25) is 9.10 Å². The third kappa shape index (κ3) is 6.22. The lowest BCUT2D eigenvalue weighted by atomic mass is 10.1. The second-order valence-corrected chi connectivity index (χ2v) is 9.11. The summed E-state index contributed by atoms with van der Waals surface area (Å²) in [6.45, 7) is 5.95. The highest BCUT2D eigenvalue weighted by Gasteiger charge is 2.29. The minimum Gasteiger partial charge on any atom is -0.497 e. The molecule has 1 unspecified atom stereocenters. The van der Waals surface area contributed by atoms with E-state index in [1.807, 2.05) is 44.2 Å². The summed E-state index contributed by atoms with van der Waals surface area (Å²) in [5.74, 6) is 0.483. The number of nitrogens with one attached hydrogen (secondary N) is 1. The smallest absolute Gasteiger partial charge is 0.243 e. The van der Waals surface area contributed by atoms with Gasteiger partial charge in [0.05, 0.1) is 19.1 Å². The first kappa shape index (κ1) is 22.7. The van der Waals surface area contributed by atoms with Crippen LogP contribution in [-0.4, -0.2) is 40.3 Å². The van der Waals surface area contributed by atoms with Crippen LogP contribution in [0.25, 0.3) is 0 Å². The summed E-state index contributed by atoms with van der Waals surface area (Å²) < 4.78 is 31.2. The molecule has 158 valence electrons. The van der Waals surface area contributed by atoms with Crippen molar-refractivity contribution in [2.24, 2.45) is 0 Å². The number of rotatable bonds is 9. The van der Waals surface area contributed by atoms with Gasteiger partial charge >= 0.3 is 0 Å². The van der Waals surface area contributed by atoms with Crippen molar-refractivity contribution >= 4 is 21.6 Å². The highest BCUT2D eigenvalue weighted by molar-refractivity contribution is 7.92. The van der Waals surface area contributed by atoms with Crippen LogP contribution in [0.5, 0.6) is 5.75 Å². The number of anilines is 1. The molecule has 0 aliphatic rings. The van der Waals surface area contributed by atoms with Crippen LogP contribution in [0.2, 0.25) is 0 Å². The molecule has 6 nitrogen and oxygen atoms in total. The van der Waals surface area contributed by atoms with E-state index >= 15 is 0 Å². The summed E-state index contributed by atoms with van der Waals surface area (Å²) in [5.41, 5.74) is 3.66. The van der Waals surface area contributed by atoms with Crippen molar-refractivity contribution in [3.05, 3.63) is 59.2 Å². The van der Waals surface area contributed by atoms with Crippen LogP contribution in [0.15, 0.2) is 42.5 Å². The van der Waals surface area contributed by atoms with Crippen molar-refractivity contribution in [1.82, 2.24) is 5.32 Å². The topological polar surface area (TPSA) is 75.7 Å². The first-order chi connectivity index (χ1) is 13.6. The van der Waals surface area contributed by atoms with Gasteiger partial charge in [0.15, 0.2) is 0 Å². The summed E-state index contributed by atoms with van der Waals surface area (Å²) in [6, 6.07) is 12.3. The van der Waals surface area contributed by atoms with Crippen molar-refractivity contribution in [3.8, 4) is 5.75 Å². The number of hydrogen-bond donors (Lipinski definition) is 1. The molecule has 1 N–H and O–H groups in total. The quantitative estimate of drug-likeness (QED) is 0.635. The first-order valence-electron chi connectivity index (χ1n) is 9.60. The molecule has 7 heteroatoms. The molecule has 0 saturated heterocycles. The number of aryl methyl sites for hydroxylation is 3. The maximum Gasteiger partial charge on any atom is 0.243 e. The lowest BCUT2D eigenvalue weighted by molar-refractivity contribution is -0.121. The molecule has 0 radical (unpaired) electrons. The number of methoxy groups -OCH3 is 1. The molecule has 2 rings (SSSR count). The van der Waals surface area contributed by atoms with Crippen molar-refractivity contribution in [1.29, 1.82) is 0 Å². The number of amides is 1. The molecular weight excluding hydrogens is 388 g/mol. The predicted octanol–water partition coefficient (Wildman–Crippen LogP) is 3.22. The zero-order chi connectivity index (χ0) is 21.6. The Bertz CT molecular complexity index is 957. The maximum atomic E-state index is 12.6. The minimum atomic E-state index is -3.61. The maximum absolute atomic E-state index is 12.6. The number of hydrogen-bond acceptors (Lipinski definition) is 4. The van der Waals surface area contributed by atoms with Gasteiger partial charge in [-0.05, 0) is 74.6 Å². The van der Waals surface area contributed by atoms with E-state index in [0.29, 0.717) is 12.2 Å². The van der Waals surface area contributed by atoms with E-state index < -0.39 is 16.1 Å². The predicted molar refractivity (Wildman–Crippen MR) is 117 cm³/mol. The van der Waals surface area contributed by atoms with Crippen LogP contribution in [0.1, 0.15) is 30.0 Å². The average Bonchev–Trinajstić information content (AvgIpc) is 2.67. The second-order valence-electron chi connectivity index (χ2n) is 7.25. The molecule has 0 aliphatic carbocycles. The molecule has 2 aromatic carbocycles. The molecule has 0 bridgehead atoms. The van der Waals surface area contributed by atoms with Gasteiger partial charge in [0.1, 0.15) is 11.8 Å². The summed E-state index contributed by atoms with van der Waals surface area (Å²) >= 11 is 0. The SMILES string of the molecule is COc1cccc(CCCNC(=O)C(C)N(c2ccc(C)c(C)c2)S(C)(=O)=O)c1. The van der Waals surface area contributed by atoms with Gasteiger partial charge < -0.3 is 10.1 Å². The number of carbonyl (C=O) groups excluding carboxylic acids is 1. The van der Waals surface area contributed by atoms with Crippen LogP contribution in [0.4, 0.5) is 5.69 Å².